The number of amides is 1. The van der Waals surface area contributed by atoms with Crippen molar-refractivity contribution >= 4 is 23.2 Å². The molecule has 1 atom stereocenters. The van der Waals surface area contributed by atoms with Gasteiger partial charge in [-0.05, 0) is 37.0 Å². The van der Waals surface area contributed by atoms with Gasteiger partial charge in [-0.15, -0.1) is 0 Å². The number of rotatable bonds is 4. The average Bonchev–Trinajstić information content (AvgIpc) is 3.06. The first-order valence-electron chi connectivity index (χ1n) is 5.57. The van der Waals surface area contributed by atoms with Crippen LogP contribution in [0.2, 0.25) is 5.02 Å². The number of benzene rings is 1. The number of hydrogen-bond acceptors (Lipinski definition) is 2. The van der Waals surface area contributed by atoms with Crippen molar-refractivity contribution in [3.63, 3.8) is 0 Å². The summed E-state index contributed by atoms with van der Waals surface area (Å²) < 4.78 is 13.0. The van der Waals surface area contributed by atoms with Crippen LogP contribution in [0.5, 0.6) is 0 Å². The van der Waals surface area contributed by atoms with E-state index in [0.29, 0.717) is 16.6 Å². The zero-order chi connectivity index (χ0) is 12.4. The van der Waals surface area contributed by atoms with Gasteiger partial charge in [0, 0.05) is 12.5 Å². The number of carbonyl (C=O) groups excluding carboxylic acids is 1. The molecule has 1 aliphatic carbocycles. The van der Waals surface area contributed by atoms with Crippen molar-refractivity contribution in [2.45, 2.75) is 25.3 Å². The summed E-state index contributed by atoms with van der Waals surface area (Å²) in [7, 11) is 0. The normalized spacial score (nSPS) is 16.6. The lowest BCUT2D eigenvalue weighted by molar-refractivity contribution is -0.116. The lowest BCUT2D eigenvalue weighted by Crippen LogP contribution is -2.28. The number of hydrogen-bond donors (Lipinski definition) is 2. The van der Waals surface area contributed by atoms with E-state index in [-0.39, 0.29) is 18.4 Å². The minimum absolute atomic E-state index is 0.109. The first-order chi connectivity index (χ1) is 8.06. The van der Waals surface area contributed by atoms with Crippen LogP contribution in [0.25, 0.3) is 0 Å². The minimum Gasteiger partial charge on any atom is -0.327 e. The number of nitrogens with one attached hydrogen (secondary N) is 1. The molecule has 1 fully saturated rings. The molecule has 1 saturated carbocycles. The highest BCUT2D eigenvalue weighted by Gasteiger charge is 2.29. The quantitative estimate of drug-likeness (QED) is 0.870. The molecule has 0 bridgehead atoms. The molecule has 1 amide bonds. The SMILES string of the molecule is NC(CC(=O)Nc1cc(F)ccc1Cl)C1CC1. The molecule has 0 aliphatic heterocycles. The van der Waals surface area contributed by atoms with E-state index in [1.165, 1.54) is 18.2 Å². The lowest BCUT2D eigenvalue weighted by atomic mass is 10.1. The Morgan fingerprint density at radius 2 is 2.29 bits per heavy atom. The number of carbonyl (C=O) groups is 1. The molecule has 1 aromatic rings. The summed E-state index contributed by atoms with van der Waals surface area (Å²) >= 11 is 5.84. The van der Waals surface area contributed by atoms with Crippen molar-refractivity contribution in [1.29, 1.82) is 0 Å². The van der Waals surface area contributed by atoms with E-state index in [2.05, 4.69) is 5.32 Å². The fourth-order valence-electron chi connectivity index (χ4n) is 1.70. The molecule has 0 aromatic heterocycles. The second kappa shape index (κ2) is 5.02. The van der Waals surface area contributed by atoms with Crippen molar-refractivity contribution in [3.05, 3.63) is 29.0 Å². The van der Waals surface area contributed by atoms with E-state index in [1.54, 1.807) is 0 Å². The largest absolute Gasteiger partial charge is 0.327 e. The summed E-state index contributed by atoms with van der Waals surface area (Å²) in [4.78, 5) is 11.6. The fraction of sp³-hybridized carbons (Fsp3) is 0.417. The molecule has 5 heteroatoms. The van der Waals surface area contributed by atoms with Crippen LogP contribution in [0.1, 0.15) is 19.3 Å². The second-order valence-electron chi connectivity index (χ2n) is 4.38. The van der Waals surface area contributed by atoms with Gasteiger partial charge in [-0.25, -0.2) is 4.39 Å². The van der Waals surface area contributed by atoms with Crippen LogP contribution in [0, 0.1) is 11.7 Å². The average molecular weight is 257 g/mol. The van der Waals surface area contributed by atoms with Gasteiger partial charge in [0.15, 0.2) is 0 Å². The monoisotopic (exact) mass is 256 g/mol. The molecule has 0 saturated heterocycles. The number of anilines is 1. The Morgan fingerprint density at radius 3 is 2.94 bits per heavy atom. The molecular weight excluding hydrogens is 243 g/mol. The van der Waals surface area contributed by atoms with E-state index in [9.17, 15) is 9.18 Å². The van der Waals surface area contributed by atoms with E-state index in [0.717, 1.165) is 12.8 Å². The smallest absolute Gasteiger partial charge is 0.225 e. The van der Waals surface area contributed by atoms with Gasteiger partial charge < -0.3 is 11.1 Å². The third kappa shape index (κ3) is 3.41. The van der Waals surface area contributed by atoms with Gasteiger partial charge >= 0.3 is 0 Å². The third-order valence-corrected chi connectivity index (χ3v) is 3.18. The predicted octanol–water partition coefficient (Wildman–Crippen LogP) is 2.55. The first kappa shape index (κ1) is 12.3. The van der Waals surface area contributed by atoms with E-state index < -0.39 is 5.82 Å². The standard InChI is InChI=1S/C12H14ClFN2O/c13-9-4-3-8(14)5-11(9)16-12(17)6-10(15)7-1-2-7/h3-5,7,10H,1-2,6,15H2,(H,16,17). The van der Waals surface area contributed by atoms with Crippen LogP contribution >= 0.6 is 11.6 Å². The molecule has 92 valence electrons. The van der Waals surface area contributed by atoms with Crippen LogP contribution in [-0.4, -0.2) is 11.9 Å². The first-order valence-corrected chi connectivity index (χ1v) is 5.94. The van der Waals surface area contributed by atoms with Gasteiger partial charge in [0.05, 0.1) is 10.7 Å². The van der Waals surface area contributed by atoms with Crippen LogP contribution < -0.4 is 11.1 Å². The molecular formula is C12H14ClFN2O. The van der Waals surface area contributed by atoms with Crippen molar-refractivity contribution in [1.82, 2.24) is 0 Å². The molecule has 3 N–H and O–H groups in total. The maximum absolute atomic E-state index is 13.0. The van der Waals surface area contributed by atoms with Crippen LogP contribution in [0.4, 0.5) is 10.1 Å². The molecule has 3 nitrogen and oxygen atoms in total. The van der Waals surface area contributed by atoms with Crippen LogP contribution in [0.15, 0.2) is 18.2 Å². The van der Waals surface area contributed by atoms with E-state index in [1.807, 2.05) is 0 Å². The van der Waals surface area contributed by atoms with Crippen LogP contribution in [0.3, 0.4) is 0 Å². The Hall–Kier alpha value is -1.13. The Balaban J connectivity index is 1.94. The van der Waals surface area contributed by atoms with Crippen molar-refractivity contribution in [3.8, 4) is 0 Å². The van der Waals surface area contributed by atoms with Crippen LogP contribution in [-0.2, 0) is 4.79 Å². The molecule has 2 rings (SSSR count). The van der Waals surface area contributed by atoms with Gasteiger partial charge in [0.1, 0.15) is 5.82 Å². The maximum Gasteiger partial charge on any atom is 0.225 e. The summed E-state index contributed by atoms with van der Waals surface area (Å²) in [6, 6.07) is 3.74. The van der Waals surface area contributed by atoms with Crippen molar-refractivity contribution < 1.29 is 9.18 Å². The summed E-state index contributed by atoms with van der Waals surface area (Å²) in [5.74, 6) is -0.197. The summed E-state index contributed by atoms with van der Waals surface area (Å²) in [6.45, 7) is 0. The summed E-state index contributed by atoms with van der Waals surface area (Å²) in [5, 5.41) is 2.89. The third-order valence-electron chi connectivity index (χ3n) is 2.85. The number of nitrogens with two attached hydrogens (primary N) is 1. The van der Waals surface area contributed by atoms with Gasteiger partial charge in [0.2, 0.25) is 5.91 Å². The highest BCUT2D eigenvalue weighted by Crippen LogP contribution is 2.33. The predicted molar refractivity (Wildman–Crippen MR) is 65.4 cm³/mol. The minimum atomic E-state index is -0.434. The Morgan fingerprint density at radius 1 is 1.59 bits per heavy atom. The van der Waals surface area contributed by atoms with Gasteiger partial charge in [0.25, 0.3) is 0 Å². The Kier molecular flexibility index (Phi) is 3.64. The van der Waals surface area contributed by atoms with Crippen molar-refractivity contribution in [2.24, 2.45) is 11.7 Å². The molecule has 0 radical (unpaired) electrons. The maximum atomic E-state index is 13.0. The molecule has 0 heterocycles. The fourth-order valence-corrected chi connectivity index (χ4v) is 1.86. The molecule has 0 spiro atoms. The Bertz CT molecular complexity index is 435. The van der Waals surface area contributed by atoms with E-state index >= 15 is 0 Å². The zero-order valence-corrected chi connectivity index (χ0v) is 10.0. The number of halogens is 2. The topological polar surface area (TPSA) is 55.1 Å². The van der Waals surface area contributed by atoms with E-state index in [4.69, 9.17) is 17.3 Å². The van der Waals surface area contributed by atoms with Gasteiger partial charge in [-0.2, -0.15) is 0 Å². The molecule has 1 aromatic carbocycles. The van der Waals surface area contributed by atoms with Gasteiger partial charge in [-0.1, -0.05) is 11.6 Å². The lowest BCUT2D eigenvalue weighted by Gasteiger charge is -2.11. The highest BCUT2D eigenvalue weighted by atomic mass is 35.5. The molecule has 17 heavy (non-hydrogen) atoms. The van der Waals surface area contributed by atoms with Crippen molar-refractivity contribution in [2.75, 3.05) is 5.32 Å². The second-order valence-corrected chi connectivity index (χ2v) is 4.78. The highest BCUT2D eigenvalue weighted by molar-refractivity contribution is 6.33. The summed E-state index contributed by atoms with van der Waals surface area (Å²) in [6.07, 6.45) is 2.43. The van der Waals surface area contributed by atoms with Gasteiger partial charge in [-0.3, -0.25) is 4.79 Å². The Labute approximate surface area is 104 Å². The molecule has 1 unspecified atom stereocenters. The summed E-state index contributed by atoms with van der Waals surface area (Å²) in [5.41, 5.74) is 6.12. The zero-order valence-electron chi connectivity index (χ0n) is 9.25. The molecule has 1 aliphatic rings.